The van der Waals surface area contributed by atoms with Crippen molar-refractivity contribution in [1.82, 2.24) is 0 Å². The fourth-order valence-electron chi connectivity index (χ4n) is 3.12. The summed E-state index contributed by atoms with van der Waals surface area (Å²) in [6.07, 6.45) is 2.49. The summed E-state index contributed by atoms with van der Waals surface area (Å²) in [6.45, 7) is 5.85. The standard InChI is InChI=1S/C18H24N2O4S/c1-4-5-11-8-14(15(19)21)17(25-11)20-16(22)12-6-9(2)10(3)7-13(12)18(23)24/h8,12-13H,4-7H2,1-3H3,(H2,19,21)(H,20,22)(H,23,24)/t12-,13-/m1/s1. The van der Waals surface area contributed by atoms with Gasteiger partial charge in [-0.1, -0.05) is 24.5 Å². The molecule has 0 saturated carbocycles. The zero-order chi connectivity index (χ0) is 18.7. The predicted molar refractivity (Wildman–Crippen MR) is 97.7 cm³/mol. The van der Waals surface area contributed by atoms with Crippen LogP contribution in [0.3, 0.4) is 0 Å². The largest absolute Gasteiger partial charge is 0.481 e. The van der Waals surface area contributed by atoms with Crippen LogP contribution in [0.1, 0.15) is 55.3 Å². The molecule has 0 saturated heterocycles. The first kappa shape index (κ1) is 19.2. The van der Waals surface area contributed by atoms with Crippen molar-refractivity contribution < 1.29 is 19.5 Å². The number of nitrogens with one attached hydrogen (secondary N) is 1. The highest BCUT2D eigenvalue weighted by molar-refractivity contribution is 7.16. The average molecular weight is 364 g/mol. The molecular weight excluding hydrogens is 340 g/mol. The van der Waals surface area contributed by atoms with Crippen LogP contribution in [0.15, 0.2) is 17.2 Å². The van der Waals surface area contributed by atoms with E-state index in [1.165, 1.54) is 11.3 Å². The van der Waals surface area contributed by atoms with E-state index in [9.17, 15) is 19.5 Å². The quantitative estimate of drug-likeness (QED) is 0.673. The summed E-state index contributed by atoms with van der Waals surface area (Å²) in [5.74, 6) is -3.35. The average Bonchev–Trinajstić information content (AvgIpc) is 2.92. The first-order valence-corrected chi connectivity index (χ1v) is 9.17. The fourth-order valence-corrected chi connectivity index (χ4v) is 4.29. The molecule has 0 aliphatic heterocycles. The van der Waals surface area contributed by atoms with Crippen molar-refractivity contribution in [3.8, 4) is 0 Å². The second-order valence-corrected chi connectivity index (χ2v) is 7.72. The van der Waals surface area contributed by atoms with Crippen molar-refractivity contribution in [3.63, 3.8) is 0 Å². The number of hydrogen-bond acceptors (Lipinski definition) is 4. The number of carbonyl (C=O) groups is 3. The lowest BCUT2D eigenvalue weighted by Gasteiger charge is -2.29. The molecule has 2 atom stereocenters. The molecule has 0 unspecified atom stereocenters. The van der Waals surface area contributed by atoms with Crippen LogP contribution in [-0.4, -0.2) is 22.9 Å². The molecule has 1 aliphatic rings. The van der Waals surface area contributed by atoms with Gasteiger partial charge in [-0.05, 0) is 39.2 Å². The molecule has 0 radical (unpaired) electrons. The number of nitrogens with two attached hydrogens (primary N) is 1. The van der Waals surface area contributed by atoms with Crippen LogP contribution in [0, 0.1) is 11.8 Å². The van der Waals surface area contributed by atoms with Crippen molar-refractivity contribution in [2.75, 3.05) is 5.32 Å². The molecule has 2 amide bonds. The maximum atomic E-state index is 12.7. The number of anilines is 1. The Bertz CT molecular complexity index is 735. The molecule has 7 heteroatoms. The van der Waals surface area contributed by atoms with Gasteiger partial charge in [-0.3, -0.25) is 14.4 Å². The molecule has 0 bridgehead atoms. The minimum atomic E-state index is -0.972. The minimum absolute atomic E-state index is 0.285. The second-order valence-electron chi connectivity index (χ2n) is 6.58. The number of rotatable bonds is 6. The minimum Gasteiger partial charge on any atom is -0.481 e. The smallest absolute Gasteiger partial charge is 0.307 e. The third-order valence-corrected chi connectivity index (χ3v) is 5.81. The Morgan fingerprint density at radius 1 is 1.24 bits per heavy atom. The molecule has 6 nitrogen and oxygen atoms in total. The summed E-state index contributed by atoms with van der Waals surface area (Å²) in [7, 11) is 0. The van der Waals surface area contributed by atoms with E-state index in [-0.39, 0.29) is 11.5 Å². The normalized spacial score (nSPS) is 20.4. The van der Waals surface area contributed by atoms with Gasteiger partial charge in [0.05, 0.1) is 17.4 Å². The first-order chi connectivity index (χ1) is 11.7. The number of aliphatic carboxylic acids is 1. The molecule has 0 fully saturated rings. The molecule has 0 spiro atoms. The summed E-state index contributed by atoms with van der Waals surface area (Å²) >= 11 is 1.32. The summed E-state index contributed by atoms with van der Waals surface area (Å²) in [5.41, 5.74) is 7.76. The summed E-state index contributed by atoms with van der Waals surface area (Å²) in [4.78, 5) is 36.9. The summed E-state index contributed by atoms with van der Waals surface area (Å²) in [5, 5.41) is 12.6. The fraction of sp³-hybridized carbons (Fsp3) is 0.500. The molecule has 1 aromatic heterocycles. The Hall–Kier alpha value is -2.15. The topological polar surface area (TPSA) is 109 Å². The molecule has 0 aromatic carbocycles. The molecule has 4 N–H and O–H groups in total. The Kier molecular flexibility index (Phi) is 6.00. The monoisotopic (exact) mass is 364 g/mol. The van der Waals surface area contributed by atoms with Gasteiger partial charge >= 0.3 is 5.97 Å². The second kappa shape index (κ2) is 7.82. The highest BCUT2D eigenvalue weighted by Crippen LogP contribution is 2.36. The van der Waals surface area contributed by atoms with Crippen LogP contribution < -0.4 is 11.1 Å². The van der Waals surface area contributed by atoms with Crippen molar-refractivity contribution in [2.45, 2.75) is 46.5 Å². The maximum absolute atomic E-state index is 12.7. The number of primary amides is 1. The Labute approximate surface area is 151 Å². The highest BCUT2D eigenvalue weighted by Gasteiger charge is 2.37. The van der Waals surface area contributed by atoms with E-state index >= 15 is 0 Å². The number of amides is 2. The lowest BCUT2D eigenvalue weighted by molar-refractivity contribution is -0.146. The van der Waals surface area contributed by atoms with Gasteiger partial charge in [-0.25, -0.2) is 0 Å². The number of allylic oxidation sites excluding steroid dienone is 2. The van der Waals surface area contributed by atoms with Crippen LogP contribution >= 0.6 is 11.3 Å². The first-order valence-electron chi connectivity index (χ1n) is 8.36. The lowest BCUT2D eigenvalue weighted by Crippen LogP contribution is -2.36. The van der Waals surface area contributed by atoms with E-state index < -0.39 is 23.7 Å². The SMILES string of the molecule is CCCc1cc(C(N)=O)c(NC(=O)[C@@H]2CC(C)=C(C)C[C@H]2C(=O)O)s1. The number of hydrogen-bond donors (Lipinski definition) is 3. The number of aryl methyl sites for hydroxylation is 1. The number of carboxylic acids is 1. The van der Waals surface area contributed by atoms with Gasteiger partial charge < -0.3 is 16.2 Å². The molecule has 1 aromatic rings. The van der Waals surface area contributed by atoms with Gasteiger partial charge in [0.25, 0.3) is 5.91 Å². The van der Waals surface area contributed by atoms with E-state index in [1.807, 2.05) is 20.8 Å². The summed E-state index contributed by atoms with van der Waals surface area (Å²) < 4.78 is 0. The molecular formula is C18H24N2O4S. The Balaban J connectivity index is 2.26. The van der Waals surface area contributed by atoms with Crippen LogP contribution in [0.4, 0.5) is 5.00 Å². The van der Waals surface area contributed by atoms with Crippen LogP contribution in [0.25, 0.3) is 0 Å². The molecule has 1 heterocycles. The Morgan fingerprint density at radius 2 is 1.84 bits per heavy atom. The van der Waals surface area contributed by atoms with Gasteiger partial charge in [-0.15, -0.1) is 11.3 Å². The molecule has 2 rings (SSSR count). The highest BCUT2D eigenvalue weighted by atomic mass is 32.1. The summed E-state index contributed by atoms with van der Waals surface area (Å²) in [6, 6.07) is 1.71. The van der Waals surface area contributed by atoms with Crippen LogP contribution in [0.5, 0.6) is 0 Å². The predicted octanol–water partition coefficient (Wildman–Crippen LogP) is 3.19. The van der Waals surface area contributed by atoms with Gasteiger partial charge in [-0.2, -0.15) is 0 Å². The van der Waals surface area contributed by atoms with Crippen molar-refractivity contribution in [2.24, 2.45) is 17.6 Å². The molecule has 25 heavy (non-hydrogen) atoms. The van der Waals surface area contributed by atoms with Crippen molar-refractivity contribution >= 4 is 34.1 Å². The van der Waals surface area contributed by atoms with Crippen LogP contribution in [0.2, 0.25) is 0 Å². The van der Waals surface area contributed by atoms with Gasteiger partial charge in [0.15, 0.2) is 0 Å². The van der Waals surface area contributed by atoms with Gasteiger partial charge in [0, 0.05) is 4.88 Å². The maximum Gasteiger partial charge on any atom is 0.307 e. The molecule has 136 valence electrons. The van der Waals surface area contributed by atoms with Crippen molar-refractivity contribution in [1.29, 1.82) is 0 Å². The third-order valence-electron chi connectivity index (χ3n) is 4.70. The lowest BCUT2D eigenvalue weighted by atomic mass is 9.76. The van der Waals surface area contributed by atoms with Crippen molar-refractivity contribution in [3.05, 3.63) is 27.7 Å². The van der Waals surface area contributed by atoms with E-state index in [2.05, 4.69) is 5.32 Å². The number of thiophene rings is 1. The van der Waals surface area contributed by atoms with Gasteiger partial charge in [0.2, 0.25) is 5.91 Å². The zero-order valence-electron chi connectivity index (χ0n) is 14.7. The number of carboxylic acid groups (broad SMARTS) is 1. The number of carbonyl (C=O) groups excluding carboxylic acids is 2. The Morgan fingerprint density at radius 3 is 2.36 bits per heavy atom. The van der Waals surface area contributed by atoms with E-state index in [4.69, 9.17) is 5.73 Å². The van der Waals surface area contributed by atoms with Gasteiger partial charge in [0.1, 0.15) is 5.00 Å². The van der Waals surface area contributed by atoms with Crippen LogP contribution in [-0.2, 0) is 16.0 Å². The zero-order valence-corrected chi connectivity index (χ0v) is 15.5. The molecule has 1 aliphatic carbocycles. The third kappa shape index (κ3) is 4.28. The van der Waals surface area contributed by atoms with E-state index in [0.29, 0.717) is 17.8 Å². The van der Waals surface area contributed by atoms with E-state index in [1.54, 1.807) is 6.07 Å². The van der Waals surface area contributed by atoms with E-state index in [0.717, 1.165) is 28.9 Å².